The fraction of sp³-hybridized carbons (Fsp3) is 0.278. The summed E-state index contributed by atoms with van der Waals surface area (Å²) >= 11 is 0. The van der Waals surface area contributed by atoms with Crippen LogP contribution >= 0.6 is 0 Å². The van der Waals surface area contributed by atoms with Crippen LogP contribution < -0.4 is 10.1 Å². The van der Waals surface area contributed by atoms with E-state index in [1.165, 1.54) is 5.56 Å². The second-order valence-electron chi connectivity index (χ2n) is 5.42. The van der Waals surface area contributed by atoms with Crippen LogP contribution in [-0.2, 0) is 0 Å². The summed E-state index contributed by atoms with van der Waals surface area (Å²) in [7, 11) is 1.62. The summed E-state index contributed by atoms with van der Waals surface area (Å²) in [5, 5.41) is 2.97. The first-order valence-electron chi connectivity index (χ1n) is 7.54. The number of ether oxygens (including phenoxy) is 1. The molecule has 22 heavy (non-hydrogen) atoms. The van der Waals surface area contributed by atoms with E-state index in [-0.39, 0.29) is 12.1 Å². The van der Waals surface area contributed by atoms with Crippen molar-refractivity contribution in [2.45, 2.75) is 18.9 Å². The maximum absolute atomic E-state index is 12.6. The third kappa shape index (κ3) is 3.06. The van der Waals surface area contributed by atoms with Gasteiger partial charge in [0.1, 0.15) is 5.75 Å². The molecule has 2 aromatic rings. The lowest BCUT2D eigenvalue weighted by Crippen LogP contribution is -2.34. The number of urea groups is 1. The van der Waals surface area contributed by atoms with Gasteiger partial charge in [-0.05, 0) is 30.5 Å². The highest BCUT2D eigenvalue weighted by molar-refractivity contribution is 5.90. The summed E-state index contributed by atoms with van der Waals surface area (Å²) in [5.74, 6) is 0.735. The maximum atomic E-state index is 12.6. The van der Waals surface area contributed by atoms with E-state index in [0.717, 1.165) is 30.8 Å². The lowest BCUT2D eigenvalue weighted by Gasteiger charge is -2.25. The molecule has 0 radical (unpaired) electrons. The molecule has 2 amide bonds. The normalized spacial score (nSPS) is 17.3. The van der Waals surface area contributed by atoms with Crippen LogP contribution in [-0.4, -0.2) is 24.6 Å². The van der Waals surface area contributed by atoms with Gasteiger partial charge in [0.05, 0.1) is 13.2 Å². The van der Waals surface area contributed by atoms with Gasteiger partial charge in [0, 0.05) is 18.3 Å². The SMILES string of the molecule is COc1cccc(NC(=O)N2CCC[C@@H]2c2ccccc2)c1. The molecule has 4 heteroatoms. The molecule has 1 N–H and O–H groups in total. The minimum absolute atomic E-state index is 0.0559. The molecule has 1 heterocycles. The fourth-order valence-corrected chi connectivity index (χ4v) is 2.93. The van der Waals surface area contributed by atoms with E-state index in [4.69, 9.17) is 4.74 Å². The summed E-state index contributed by atoms with van der Waals surface area (Å²) < 4.78 is 5.19. The number of anilines is 1. The van der Waals surface area contributed by atoms with Gasteiger partial charge in [-0.15, -0.1) is 0 Å². The number of hydrogen-bond acceptors (Lipinski definition) is 2. The first-order valence-corrected chi connectivity index (χ1v) is 7.54. The molecule has 1 saturated heterocycles. The summed E-state index contributed by atoms with van der Waals surface area (Å²) in [6, 6.07) is 17.7. The van der Waals surface area contributed by atoms with Gasteiger partial charge < -0.3 is 15.0 Å². The van der Waals surface area contributed by atoms with Gasteiger partial charge in [-0.25, -0.2) is 4.79 Å². The van der Waals surface area contributed by atoms with Crippen molar-refractivity contribution in [3.63, 3.8) is 0 Å². The molecule has 114 valence electrons. The highest BCUT2D eigenvalue weighted by Crippen LogP contribution is 2.32. The number of carbonyl (C=O) groups is 1. The summed E-state index contributed by atoms with van der Waals surface area (Å²) in [4.78, 5) is 14.5. The number of likely N-dealkylation sites (tertiary alicyclic amines) is 1. The largest absolute Gasteiger partial charge is 0.497 e. The van der Waals surface area contributed by atoms with Gasteiger partial charge in [0.2, 0.25) is 0 Å². The van der Waals surface area contributed by atoms with Crippen LogP contribution in [0.15, 0.2) is 54.6 Å². The highest BCUT2D eigenvalue weighted by atomic mass is 16.5. The maximum Gasteiger partial charge on any atom is 0.322 e. The fourth-order valence-electron chi connectivity index (χ4n) is 2.93. The van der Waals surface area contributed by atoms with Gasteiger partial charge in [0.25, 0.3) is 0 Å². The lowest BCUT2D eigenvalue weighted by atomic mass is 10.1. The summed E-state index contributed by atoms with van der Waals surface area (Å²) in [5.41, 5.74) is 1.95. The second-order valence-corrected chi connectivity index (χ2v) is 5.42. The molecule has 3 rings (SSSR count). The van der Waals surface area contributed by atoms with Gasteiger partial charge in [-0.2, -0.15) is 0 Å². The number of nitrogens with zero attached hydrogens (tertiary/aromatic N) is 1. The van der Waals surface area contributed by atoms with Gasteiger partial charge in [-0.3, -0.25) is 0 Å². The van der Waals surface area contributed by atoms with E-state index >= 15 is 0 Å². The second kappa shape index (κ2) is 6.52. The van der Waals surface area contributed by atoms with E-state index in [0.29, 0.717) is 0 Å². The Bertz CT molecular complexity index is 643. The molecule has 4 nitrogen and oxygen atoms in total. The first-order chi connectivity index (χ1) is 10.8. The Labute approximate surface area is 130 Å². The van der Waals surface area contributed by atoms with Crippen LogP contribution in [0.3, 0.4) is 0 Å². The van der Waals surface area contributed by atoms with Crippen LogP contribution in [0, 0.1) is 0 Å². The molecule has 1 aliphatic rings. The van der Waals surface area contributed by atoms with Crippen molar-refractivity contribution >= 4 is 11.7 Å². The van der Waals surface area contributed by atoms with Crippen LogP contribution in [0.1, 0.15) is 24.4 Å². The number of amides is 2. The molecule has 1 aliphatic heterocycles. The molecular weight excluding hydrogens is 276 g/mol. The zero-order chi connectivity index (χ0) is 15.4. The van der Waals surface area contributed by atoms with Crippen molar-refractivity contribution in [3.05, 3.63) is 60.2 Å². The predicted octanol–water partition coefficient (Wildman–Crippen LogP) is 4.06. The molecule has 1 atom stereocenters. The highest BCUT2D eigenvalue weighted by Gasteiger charge is 2.29. The minimum atomic E-state index is -0.0559. The number of nitrogens with one attached hydrogen (secondary N) is 1. The first kappa shape index (κ1) is 14.4. The molecular formula is C18H20N2O2. The van der Waals surface area contributed by atoms with Crippen LogP contribution in [0.5, 0.6) is 5.75 Å². The molecule has 0 aliphatic carbocycles. The van der Waals surface area contributed by atoms with Crippen molar-refractivity contribution in [2.24, 2.45) is 0 Å². The van der Waals surface area contributed by atoms with E-state index in [2.05, 4.69) is 17.4 Å². The molecule has 0 unspecified atom stereocenters. The Balaban J connectivity index is 1.73. The number of hydrogen-bond donors (Lipinski definition) is 1. The average molecular weight is 296 g/mol. The van der Waals surface area contributed by atoms with Crippen molar-refractivity contribution in [1.82, 2.24) is 4.90 Å². The molecule has 2 aromatic carbocycles. The number of benzene rings is 2. The third-order valence-corrected chi connectivity index (χ3v) is 4.02. The van der Waals surface area contributed by atoms with Crippen molar-refractivity contribution in [2.75, 3.05) is 19.0 Å². The third-order valence-electron chi connectivity index (χ3n) is 4.02. The lowest BCUT2D eigenvalue weighted by molar-refractivity contribution is 0.207. The Morgan fingerprint density at radius 3 is 2.77 bits per heavy atom. The van der Waals surface area contributed by atoms with Gasteiger partial charge in [0.15, 0.2) is 0 Å². The van der Waals surface area contributed by atoms with E-state index in [1.54, 1.807) is 7.11 Å². The topological polar surface area (TPSA) is 41.6 Å². The van der Waals surface area contributed by atoms with Gasteiger partial charge in [-0.1, -0.05) is 36.4 Å². The summed E-state index contributed by atoms with van der Waals surface area (Å²) in [6.45, 7) is 0.787. The van der Waals surface area contributed by atoms with E-state index in [9.17, 15) is 4.79 Å². The number of carbonyl (C=O) groups excluding carboxylic acids is 1. The molecule has 0 spiro atoms. The average Bonchev–Trinajstić information content (AvgIpc) is 3.05. The number of rotatable bonds is 3. The zero-order valence-electron chi connectivity index (χ0n) is 12.7. The minimum Gasteiger partial charge on any atom is -0.497 e. The quantitative estimate of drug-likeness (QED) is 0.928. The number of methoxy groups -OCH3 is 1. The van der Waals surface area contributed by atoms with Crippen molar-refractivity contribution in [1.29, 1.82) is 0 Å². The Hall–Kier alpha value is -2.49. The smallest absolute Gasteiger partial charge is 0.322 e. The van der Waals surface area contributed by atoms with E-state index < -0.39 is 0 Å². The molecule has 0 aromatic heterocycles. The van der Waals surface area contributed by atoms with Gasteiger partial charge >= 0.3 is 6.03 Å². The van der Waals surface area contributed by atoms with Crippen LogP contribution in [0.25, 0.3) is 0 Å². The Morgan fingerprint density at radius 2 is 2.00 bits per heavy atom. The monoisotopic (exact) mass is 296 g/mol. The molecule has 0 saturated carbocycles. The predicted molar refractivity (Wildman–Crippen MR) is 87.1 cm³/mol. The standard InChI is InChI=1S/C18H20N2O2/c1-22-16-10-5-9-15(13-16)19-18(21)20-12-6-11-17(20)14-7-3-2-4-8-14/h2-5,7-10,13,17H,6,11-12H2,1H3,(H,19,21)/t17-/m1/s1. The molecule has 0 bridgehead atoms. The summed E-state index contributed by atoms with van der Waals surface area (Å²) in [6.07, 6.45) is 2.04. The van der Waals surface area contributed by atoms with Crippen molar-refractivity contribution in [3.8, 4) is 5.75 Å². The van der Waals surface area contributed by atoms with Crippen molar-refractivity contribution < 1.29 is 9.53 Å². The molecule has 1 fully saturated rings. The van der Waals surface area contributed by atoms with E-state index in [1.807, 2.05) is 47.4 Å². The Morgan fingerprint density at radius 1 is 1.18 bits per heavy atom. The van der Waals surface area contributed by atoms with Crippen LogP contribution in [0.2, 0.25) is 0 Å². The van der Waals surface area contributed by atoms with Crippen LogP contribution in [0.4, 0.5) is 10.5 Å². The Kier molecular flexibility index (Phi) is 4.28. The zero-order valence-corrected chi connectivity index (χ0v) is 12.7.